The minimum absolute atomic E-state index is 0.0382. The lowest BCUT2D eigenvalue weighted by atomic mass is 10.1. The van der Waals surface area contributed by atoms with Crippen LogP contribution in [0, 0.1) is 6.92 Å². The van der Waals surface area contributed by atoms with Gasteiger partial charge in [-0.25, -0.2) is 4.68 Å². The molecule has 0 saturated heterocycles. The Labute approximate surface area is 158 Å². The zero-order valence-corrected chi connectivity index (χ0v) is 15.9. The van der Waals surface area contributed by atoms with Gasteiger partial charge in [0.25, 0.3) is 5.91 Å². The Morgan fingerprint density at radius 3 is 2.67 bits per heavy atom. The first-order chi connectivity index (χ1) is 12.8. The summed E-state index contributed by atoms with van der Waals surface area (Å²) in [6, 6.07) is 13.0. The third kappa shape index (κ3) is 4.13. The zero-order chi connectivity index (χ0) is 19.6. The number of hydrogen-bond acceptors (Lipinski definition) is 4. The lowest BCUT2D eigenvalue weighted by molar-refractivity contribution is -0.116. The number of nitrogens with one attached hydrogen (secondary N) is 1. The molecule has 3 aromatic rings. The minimum atomic E-state index is -0.247. The van der Waals surface area contributed by atoms with Crippen LogP contribution in [-0.2, 0) is 4.79 Å². The maximum atomic E-state index is 12.7. The largest absolute Gasteiger partial charge is 0.332 e. The van der Waals surface area contributed by atoms with E-state index in [1.807, 2.05) is 55.8 Å². The maximum absolute atomic E-state index is 12.7. The number of carbonyl (C=O) groups excluding carboxylic acids is 2. The number of carbonyl (C=O) groups is 2. The lowest BCUT2D eigenvalue weighted by Gasteiger charge is -2.17. The topological polar surface area (TPSA) is 80.1 Å². The number of amides is 2. The minimum Gasteiger partial charge on any atom is -0.332 e. The summed E-state index contributed by atoms with van der Waals surface area (Å²) in [6.45, 7) is 5.96. The predicted octanol–water partition coefficient (Wildman–Crippen LogP) is 3.03. The molecule has 0 spiro atoms. The number of benzene rings is 2. The van der Waals surface area contributed by atoms with Crippen LogP contribution in [0.5, 0.6) is 0 Å². The van der Waals surface area contributed by atoms with Gasteiger partial charge in [0.1, 0.15) is 5.52 Å². The monoisotopic (exact) mass is 365 g/mol. The Morgan fingerprint density at radius 2 is 1.96 bits per heavy atom. The molecule has 1 heterocycles. The summed E-state index contributed by atoms with van der Waals surface area (Å²) in [7, 11) is 1.60. The predicted molar refractivity (Wildman–Crippen MR) is 105 cm³/mol. The van der Waals surface area contributed by atoms with Crippen LogP contribution in [0.4, 0.5) is 5.69 Å². The first kappa shape index (κ1) is 18.6. The molecule has 0 bridgehead atoms. The van der Waals surface area contributed by atoms with Crippen molar-refractivity contribution in [2.45, 2.75) is 26.8 Å². The van der Waals surface area contributed by atoms with Crippen molar-refractivity contribution in [2.75, 3.05) is 18.9 Å². The Morgan fingerprint density at radius 1 is 1.19 bits per heavy atom. The van der Waals surface area contributed by atoms with Crippen molar-refractivity contribution < 1.29 is 9.59 Å². The third-order valence-corrected chi connectivity index (χ3v) is 4.24. The van der Waals surface area contributed by atoms with E-state index < -0.39 is 0 Å². The van der Waals surface area contributed by atoms with E-state index in [1.165, 1.54) is 4.90 Å². The van der Waals surface area contributed by atoms with Crippen molar-refractivity contribution >= 4 is 28.5 Å². The summed E-state index contributed by atoms with van der Waals surface area (Å²) >= 11 is 0. The van der Waals surface area contributed by atoms with Crippen LogP contribution < -0.4 is 5.32 Å². The highest BCUT2D eigenvalue weighted by atomic mass is 16.2. The average Bonchev–Trinajstić information content (AvgIpc) is 3.04. The standard InChI is InChI=1S/C20H23N5O2/c1-13(2)25-18-9-8-15(11-17(18)22-23-25)20(27)24(4)12-19(26)21-16-7-5-6-14(3)10-16/h5-11,13H,12H2,1-4H3,(H,21,26). The molecule has 2 aromatic carbocycles. The van der Waals surface area contributed by atoms with Gasteiger partial charge in [-0.15, -0.1) is 5.10 Å². The summed E-state index contributed by atoms with van der Waals surface area (Å²) < 4.78 is 1.81. The smallest absolute Gasteiger partial charge is 0.254 e. The van der Waals surface area contributed by atoms with Crippen LogP contribution in [0.2, 0.25) is 0 Å². The van der Waals surface area contributed by atoms with Gasteiger partial charge in [0.05, 0.1) is 12.1 Å². The molecule has 7 nitrogen and oxygen atoms in total. The van der Waals surface area contributed by atoms with E-state index >= 15 is 0 Å². The Bertz CT molecular complexity index is 993. The van der Waals surface area contributed by atoms with Gasteiger partial charge in [-0.1, -0.05) is 17.3 Å². The van der Waals surface area contributed by atoms with Crippen molar-refractivity contribution in [1.29, 1.82) is 0 Å². The molecule has 0 aliphatic carbocycles. The van der Waals surface area contributed by atoms with Gasteiger partial charge < -0.3 is 10.2 Å². The first-order valence-corrected chi connectivity index (χ1v) is 8.82. The number of likely N-dealkylation sites (N-methyl/N-ethyl adjacent to an activating group) is 1. The van der Waals surface area contributed by atoms with Crippen molar-refractivity contribution in [3.05, 3.63) is 53.6 Å². The van der Waals surface area contributed by atoms with Crippen LogP contribution in [-0.4, -0.2) is 45.3 Å². The number of rotatable bonds is 5. The van der Waals surface area contributed by atoms with Gasteiger partial charge in [0.2, 0.25) is 5.91 Å². The molecule has 0 saturated carbocycles. The molecule has 140 valence electrons. The van der Waals surface area contributed by atoms with E-state index in [4.69, 9.17) is 0 Å². The highest BCUT2D eigenvalue weighted by Gasteiger charge is 2.17. The zero-order valence-electron chi connectivity index (χ0n) is 15.9. The van der Waals surface area contributed by atoms with Crippen LogP contribution in [0.3, 0.4) is 0 Å². The van der Waals surface area contributed by atoms with Gasteiger partial charge in [0, 0.05) is 24.3 Å². The third-order valence-electron chi connectivity index (χ3n) is 4.24. The molecule has 2 amide bonds. The summed E-state index contributed by atoms with van der Waals surface area (Å²) in [4.78, 5) is 26.3. The van der Waals surface area contributed by atoms with E-state index in [0.29, 0.717) is 16.8 Å². The molecule has 3 rings (SSSR count). The van der Waals surface area contributed by atoms with E-state index in [-0.39, 0.29) is 24.4 Å². The van der Waals surface area contributed by atoms with Crippen LogP contribution in [0.25, 0.3) is 11.0 Å². The molecule has 7 heteroatoms. The van der Waals surface area contributed by atoms with Crippen LogP contribution in [0.1, 0.15) is 35.8 Å². The summed E-state index contributed by atoms with van der Waals surface area (Å²) in [5.41, 5.74) is 3.78. The fourth-order valence-corrected chi connectivity index (χ4v) is 2.89. The SMILES string of the molecule is Cc1cccc(NC(=O)CN(C)C(=O)c2ccc3c(c2)nnn3C(C)C)c1. The molecule has 1 aromatic heterocycles. The van der Waals surface area contributed by atoms with Gasteiger partial charge in [0.15, 0.2) is 0 Å². The maximum Gasteiger partial charge on any atom is 0.254 e. The Hall–Kier alpha value is -3.22. The highest BCUT2D eigenvalue weighted by molar-refractivity contribution is 6.00. The van der Waals surface area contributed by atoms with E-state index in [1.54, 1.807) is 19.2 Å². The summed E-state index contributed by atoms with van der Waals surface area (Å²) in [6.07, 6.45) is 0. The number of anilines is 1. The fraction of sp³-hybridized carbons (Fsp3) is 0.300. The quantitative estimate of drug-likeness (QED) is 0.754. The number of fused-ring (bicyclic) bond motifs is 1. The van der Waals surface area contributed by atoms with Crippen molar-refractivity contribution in [1.82, 2.24) is 19.9 Å². The number of nitrogens with zero attached hydrogens (tertiary/aromatic N) is 4. The molecule has 0 atom stereocenters. The molecule has 1 N–H and O–H groups in total. The second-order valence-electron chi connectivity index (χ2n) is 6.91. The molecular formula is C20H23N5O2. The number of aromatic nitrogens is 3. The number of aryl methyl sites for hydroxylation is 1. The van der Waals surface area contributed by atoms with E-state index in [0.717, 1.165) is 11.1 Å². The van der Waals surface area contributed by atoms with Gasteiger partial charge >= 0.3 is 0 Å². The van der Waals surface area contributed by atoms with E-state index in [9.17, 15) is 9.59 Å². The molecule has 0 unspecified atom stereocenters. The average molecular weight is 365 g/mol. The molecule has 0 aliphatic heterocycles. The normalized spacial score (nSPS) is 11.0. The van der Waals surface area contributed by atoms with Crippen LogP contribution in [0.15, 0.2) is 42.5 Å². The summed E-state index contributed by atoms with van der Waals surface area (Å²) in [5, 5.41) is 11.1. The molecule has 0 radical (unpaired) electrons. The Balaban J connectivity index is 1.69. The molecule has 0 fully saturated rings. The molecular weight excluding hydrogens is 342 g/mol. The second kappa shape index (κ2) is 7.57. The van der Waals surface area contributed by atoms with Gasteiger partial charge in [-0.3, -0.25) is 9.59 Å². The number of hydrogen-bond donors (Lipinski definition) is 1. The van der Waals surface area contributed by atoms with Crippen molar-refractivity contribution in [2.24, 2.45) is 0 Å². The second-order valence-corrected chi connectivity index (χ2v) is 6.91. The van der Waals surface area contributed by atoms with Crippen molar-refractivity contribution in [3.63, 3.8) is 0 Å². The van der Waals surface area contributed by atoms with Gasteiger partial charge in [-0.2, -0.15) is 0 Å². The van der Waals surface area contributed by atoms with E-state index in [2.05, 4.69) is 15.6 Å². The fourth-order valence-electron chi connectivity index (χ4n) is 2.89. The van der Waals surface area contributed by atoms with Gasteiger partial charge in [-0.05, 0) is 56.7 Å². The molecule has 0 aliphatic rings. The lowest BCUT2D eigenvalue weighted by Crippen LogP contribution is -2.34. The first-order valence-electron chi connectivity index (χ1n) is 8.82. The van der Waals surface area contributed by atoms with Crippen LogP contribution >= 0.6 is 0 Å². The Kier molecular flexibility index (Phi) is 5.21. The van der Waals surface area contributed by atoms with Crippen molar-refractivity contribution in [3.8, 4) is 0 Å². The highest BCUT2D eigenvalue weighted by Crippen LogP contribution is 2.18. The molecule has 27 heavy (non-hydrogen) atoms. The summed E-state index contributed by atoms with van der Waals surface area (Å²) in [5.74, 6) is -0.487.